The van der Waals surface area contributed by atoms with Crippen LogP contribution in [-0.4, -0.2) is 270 Å². The summed E-state index contributed by atoms with van der Waals surface area (Å²) in [5.74, 6) is 2.03. The Kier molecular flexibility index (Phi) is 48.8. The van der Waals surface area contributed by atoms with Crippen molar-refractivity contribution in [1.82, 2.24) is 52.2 Å². The highest BCUT2D eigenvalue weighted by Crippen LogP contribution is 2.29. The maximum atomic E-state index is 14.3. The molecule has 33 nitrogen and oxygen atoms in total. The number of benzene rings is 1. The van der Waals surface area contributed by atoms with Crippen LogP contribution in [0.2, 0.25) is 0 Å². The number of carbonyl (C=O) groups is 9. The molecule has 108 heavy (non-hydrogen) atoms. The van der Waals surface area contributed by atoms with E-state index in [9.17, 15) is 43.2 Å². The topological polar surface area (TPSA) is 408 Å². The van der Waals surface area contributed by atoms with E-state index in [-0.39, 0.29) is 121 Å². The zero-order chi connectivity index (χ0) is 78.4. The number of urea groups is 1. The van der Waals surface area contributed by atoms with Gasteiger partial charge in [-0.1, -0.05) is 70.2 Å². The maximum Gasteiger partial charge on any atom is 0.312 e. The Morgan fingerprint density at radius 2 is 1.11 bits per heavy atom. The van der Waals surface area contributed by atoms with Gasteiger partial charge >= 0.3 is 12.0 Å². The van der Waals surface area contributed by atoms with Crippen LogP contribution in [0, 0.1) is 23.7 Å². The first-order valence-corrected chi connectivity index (χ1v) is 38.4. The smallest absolute Gasteiger partial charge is 0.312 e. The van der Waals surface area contributed by atoms with Crippen molar-refractivity contribution in [3.63, 3.8) is 0 Å². The number of hydrogen-bond acceptors (Lipinski definition) is 22. The largest absolute Gasteiger partial charge is 0.461 e. The highest BCUT2D eigenvalue weighted by atomic mass is 16.6. The third-order valence-electron chi connectivity index (χ3n) is 17.0. The van der Waals surface area contributed by atoms with E-state index in [0.717, 1.165) is 74.5 Å². The monoisotopic (exact) mass is 1530 g/mol. The number of primary amides is 1. The highest BCUT2D eigenvalue weighted by molar-refractivity contribution is 5.99. The van der Waals surface area contributed by atoms with Gasteiger partial charge in [-0.15, -0.1) is 11.0 Å². The van der Waals surface area contributed by atoms with Gasteiger partial charge in [0.05, 0.1) is 158 Å². The van der Waals surface area contributed by atoms with Gasteiger partial charge in [0.15, 0.2) is 0 Å². The van der Waals surface area contributed by atoms with Crippen LogP contribution >= 0.6 is 0 Å². The predicted octanol–water partition coefficient (Wildman–Crippen LogP) is 2.84. The number of rotatable bonds is 59. The second-order valence-electron chi connectivity index (χ2n) is 28.0. The molecule has 0 aliphatic heterocycles. The number of unbranched alkanes of at least 4 members (excludes halogenated alkanes) is 1. The first-order valence-electron chi connectivity index (χ1n) is 38.4. The van der Waals surface area contributed by atoms with E-state index in [1.165, 1.54) is 0 Å². The summed E-state index contributed by atoms with van der Waals surface area (Å²) in [5, 5.41) is 31.2. The van der Waals surface area contributed by atoms with E-state index in [4.69, 9.17) is 57.8 Å². The van der Waals surface area contributed by atoms with Crippen LogP contribution in [0.15, 0.2) is 24.3 Å². The molecule has 1 aromatic carbocycles. The van der Waals surface area contributed by atoms with Crippen LogP contribution in [-0.2, 0) is 110 Å². The Morgan fingerprint density at radius 1 is 0.556 bits per heavy atom. The first kappa shape index (κ1) is 92.9. The SMILES string of the molecule is CC(C)C(=O)OCc1ccc(NC(=O)[C@H](CCCNC(N)=O)NC(=O)[C@@H](NC(=O)[C@@H](CCCCNC(=O)COC2CCCCCc3c2nnn3CCOCCOCCOCCOCCC(=O)NCC[N+](C)(C)C)NC(=O)CCOCCOCCOCCOCCNC(=O)COC2C#CCCCCC2)C(C)C)cc1. The van der Waals surface area contributed by atoms with Gasteiger partial charge in [-0.3, -0.25) is 38.4 Å². The van der Waals surface area contributed by atoms with E-state index in [0.29, 0.717) is 142 Å². The minimum atomic E-state index is -1.18. The highest BCUT2D eigenvalue weighted by Gasteiger charge is 2.32. The lowest BCUT2D eigenvalue weighted by Crippen LogP contribution is -2.57. The third-order valence-corrected chi connectivity index (χ3v) is 17.0. The number of fused-ring (bicyclic) bond motifs is 1. The zero-order valence-electron chi connectivity index (χ0n) is 65.1. The minimum absolute atomic E-state index is 0.00845. The number of aromatic nitrogens is 3. The first-order chi connectivity index (χ1) is 52.1. The Labute approximate surface area is 637 Å². The molecule has 0 fully saturated rings. The standard InChI is InChI=1S/C75H125N13O20/c1-56(2)69(73(95)83-62(22-18-32-80-75(76)97)71(93)81-59-27-25-58(26-28-59)53-108-74(96)57(3)4)84-72(94)61(82-66(90)30-38-99-42-46-103-49-51-104-47-43-100-39-34-79-67(91)54-106-60-19-12-9-8-10-13-20-60)21-16-17-31-77-68(92)55-107-64-24-15-11-14-23-63-70(64)85-86-87(63)35-40-101-44-48-105-52-50-102-45-41-98-37-29-65(89)78-33-36-88(5,6)7/h25-28,56-57,60-62,64,69H,8-12,14-19,21-24,29-55H2,1-7H3,(H9-,76,77,78,79,80,81,82,83,84,89,90,91,92,93,94,95,97)/p+1/t60?,61-,62+,64?,69+/m1/s1. The van der Waals surface area contributed by atoms with Crippen LogP contribution in [0.5, 0.6) is 0 Å². The van der Waals surface area contributed by atoms with E-state index in [1.807, 2.05) is 4.68 Å². The number of hydrogen-bond donors (Lipinski definition) is 9. The molecule has 0 saturated heterocycles. The van der Waals surface area contributed by atoms with Crippen molar-refractivity contribution in [3.05, 3.63) is 41.2 Å². The number of carbonyl (C=O) groups excluding carboxylic acids is 9. The van der Waals surface area contributed by atoms with Gasteiger partial charge in [0.1, 0.15) is 55.8 Å². The summed E-state index contributed by atoms with van der Waals surface area (Å²) in [6.45, 7) is 14.3. The molecule has 2 aliphatic rings. The Morgan fingerprint density at radius 3 is 1.74 bits per heavy atom. The number of ether oxygens (including phenoxy) is 11. The normalized spacial score (nSPS) is 15.3. The molecule has 1 aromatic heterocycles. The summed E-state index contributed by atoms with van der Waals surface area (Å²) in [4.78, 5) is 117. The molecule has 2 unspecified atom stereocenters. The molecule has 4 rings (SSSR count). The van der Waals surface area contributed by atoms with Gasteiger partial charge in [-0.2, -0.15) is 0 Å². The van der Waals surface area contributed by atoms with Crippen LogP contribution in [0.1, 0.15) is 153 Å². The van der Waals surface area contributed by atoms with E-state index >= 15 is 0 Å². The molecule has 2 aromatic rings. The lowest BCUT2D eigenvalue weighted by atomic mass is 9.99. The molecular weight excluding hydrogens is 1400 g/mol. The van der Waals surface area contributed by atoms with Gasteiger partial charge < -0.3 is 105 Å². The van der Waals surface area contributed by atoms with Crippen molar-refractivity contribution >= 4 is 59.0 Å². The molecule has 2 aliphatic carbocycles. The average molecular weight is 1530 g/mol. The lowest BCUT2D eigenvalue weighted by Gasteiger charge is -2.27. The van der Waals surface area contributed by atoms with Crippen molar-refractivity contribution in [1.29, 1.82) is 0 Å². The molecule has 1 heterocycles. The quantitative estimate of drug-likeness (QED) is 0.0199. The summed E-state index contributed by atoms with van der Waals surface area (Å²) in [6.07, 6.45) is 9.91. The molecule has 0 spiro atoms. The number of nitrogens with zero attached hydrogens (tertiary/aromatic N) is 4. The number of likely N-dealkylation sites (N-methyl/N-ethyl adjacent to an activating group) is 1. The van der Waals surface area contributed by atoms with Gasteiger partial charge in [-0.05, 0) is 94.2 Å². The van der Waals surface area contributed by atoms with E-state index in [2.05, 4.69) is 85.8 Å². The fraction of sp³-hybridized carbons (Fsp3) is 0.747. The van der Waals surface area contributed by atoms with Gasteiger partial charge in [0.2, 0.25) is 41.4 Å². The number of nitrogens with one attached hydrogen (secondary N) is 8. The van der Waals surface area contributed by atoms with Gasteiger partial charge in [0, 0.05) is 44.6 Å². The summed E-state index contributed by atoms with van der Waals surface area (Å²) in [5.41, 5.74) is 8.01. The second-order valence-corrected chi connectivity index (χ2v) is 28.0. The molecule has 0 saturated carbocycles. The summed E-state index contributed by atoms with van der Waals surface area (Å²) in [6, 6.07) is 2.43. The molecule has 33 heteroatoms. The number of quaternary nitrogens is 1. The van der Waals surface area contributed by atoms with E-state index in [1.54, 1.807) is 52.0 Å². The summed E-state index contributed by atoms with van der Waals surface area (Å²) in [7, 11) is 6.23. The van der Waals surface area contributed by atoms with Crippen LogP contribution in [0.25, 0.3) is 0 Å². The Balaban J connectivity index is 1.23. The van der Waals surface area contributed by atoms with Crippen molar-refractivity contribution in [3.8, 4) is 11.8 Å². The number of esters is 1. The Bertz CT molecular complexity index is 2980. The molecule has 0 bridgehead atoms. The van der Waals surface area contributed by atoms with Crippen LogP contribution < -0.4 is 48.3 Å². The minimum Gasteiger partial charge on any atom is -0.461 e. The molecule has 5 atom stereocenters. The van der Waals surface area contributed by atoms with Gasteiger partial charge in [0.25, 0.3) is 0 Å². The third kappa shape index (κ3) is 44.2. The molecule has 610 valence electrons. The Hall–Kier alpha value is -7.49. The summed E-state index contributed by atoms with van der Waals surface area (Å²) >= 11 is 0. The molecule has 0 radical (unpaired) electrons. The second kappa shape index (κ2) is 56.7. The molecule has 10 N–H and O–H groups in total. The number of nitrogens with two attached hydrogens (primary N) is 1. The van der Waals surface area contributed by atoms with Crippen molar-refractivity contribution in [2.24, 2.45) is 17.6 Å². The lowest BCUT2D eigenvalue weighted by molar-refractivity contribution is -0.869. The van der Waals surface area contributed by atoms with Crippen molar-refractivity contribution in [2.75, 3.05) is 178 Å². The van der Waals surface area contributed by atoms with Crippen LogP contribution in [0.4, 0.5) is 10.5 Å². The van der Waals surface area contributed by atoms with Crippen molar-refractivity contribution < 1.29 is 99.7 Å². The fourth-order valence-electron chi connectivity index (χ4n) is 10.9. The summed E-state index contributed by atoms with van der Waals surface area (Å²) < 4.78 is 64.8. The van der Waals surface area contributed by atoms with Crippen molar-refractivity contribution in [2.45, 2.75) is 180 Å². The number of amides is 9. The average Bonchev–Trinajstić information content (AvgIpc) is 1.67. The van der Waals surface area contributed by atoms with Gasteiger partial charge in [-0.25, -0.2) is 9.48 Å². The predicted molar refractivity (Wildman–Crippen MR) is 400 cm³/mol. The fourth-order valence-corrected chi connectivity index (χ4v) is 10.9. The molecule has 9 amide bonds. The van der Waals surface area contributed by atoms with E-state index < -0.39 is 59.8 Å². The molecular formula is C75H126N13O20+. The maximum absolute atomic E-state index is 14.3. The number of anilines is 1. The van der Waals surface area contributed by atoms with Crippen LogP contribution in [0.3, 0.4) is 0 Å². The zero-order valence-corrected chi connectivity index (χ0v) is 65.1.